The second-order valence-electron chi connectivity index (χ2n) is 4.97. The molecule has 1 N–H and O–H groups in total. The van der Waals surface area contributed by atoms with Gasteiger partial charge < -0.3 is 9.47 Å². The molecule has 0 unspecified atom stereocenters. The molecule has 0 aliphatic rings. The molecule has 1 heterocycles. The molecule has 0 fully saturated rings. The fourth-order valence-electron chi connectivity index (χ4n) is 1.84. The maximum absolute atomic E-state index is 11.8. The Morgan fingerprint density at radius 2 is 1.96 bits per heavy atom. The van der Waals surface area contributed by atoms with E-state index < -0.39 is 15.9 Å². The van der Waals surface area contributed by atoms with Gasteiger partial charge in [0, 0.05) is 17.3 Å². The lowest BCUT2D eigenvalue weighted by molar-refractivity contribution is 0.0981. The second-order valence-corrected chi connectivity index (χ2v) is 7.53. The van der Waals surface area contributed by atoms with Crippen LogP contribution in [0.5, 0.6) is 11.6 Å². The van der Waals surface area contributed by atoms with Gasteiger partial charge in [0.05, 0.1) is 18.4 Å². The molecule has 1 aromatic heterocycles. The fraction of sp³-hybridized carbons (Fsp3) is 0.200. The molecule has 0 aliphatic carbocycles. The van der Waals surface area contributed by atoms with Gasteiger partial charge in [-0.1, -0.05) is 23.2 Å². The number of nitrogens with zero attached hydrogens (tertiary/aromatic N) is 1. The van der Waals surface area contributed by atoms with E-state index in [9.17, 15) is 13.2 Å². The van der Waals surface area contributed by atoms with Crippen molar-refractivity contribution in [2.24, 2.45) is 0 Å². The Kier molecular flexibility index (Phi) is 6.10. The molecule has 0 radical (unpaired) electrons. The predicted octanol–water partition coefficient (Wildman–Crippen LogP) is 2.67. The number of hydrogen-bond acceptors (Lipinski definition) is 6. The van der Waals surface area contributed by atoms with Gasteiger partial charge in [0.1, 0.15) is 17.4 Å². The minimum atomic E-state index is -3.65. The Balaban J connectivity index is 2.08. The lowest BCUT2D eigenvalue weighted by Gasteiger charge is -2.10. The largest absolute Gasteiger partial charge is 0.487 e. The van der Waals surface area contributed by atoms with Crippen LogP contribution < -0.4 is 14.2 Å². The third-order valence-electron chi connectivity index (χ3n) is 2.92. The SMILES string of the molecule is COc1ncc(COc2ccc(C(=O)NS(C)(=O)=O)cc2Cl)cc1Cl. The fourth-order valence-corrected chi connectivity index (χ4v) is 2.80. The number of benzene rings is 1. The molecular weight excluding hydrogens is 391 g/mol. The number of methoxy groups -OCH3 is 1. The normalized spacial score (nSPS) is 11.0. The van der Waals surface area contributed by atoms with E-state index >= 15 is 0 Å². The first-order chi connectivity index (χ1) is 11.7. The van der Waals surface area contributed by atoms with E-state index in [2.05, 4.69) is 4.98 Å². The van der Waals surface area contributed by atoms with Gasteiger partial charge in [-0.25, -0.2) is 18.1 Å². The molecule has 2 aromatic rings. The number of amides is 1. The molecule has 1 aromatic carbocycles. The summed E-state index contributed by atoms with van der Waals surface area (Å²) < 4.78 is 34.6. The van der Waals surface area contributed by atoms with E-state index in [0.717, 1.165) is 6.26 Å². The van der Waals surface area contributed by atoms with Crippen LogP contribution in [0.1, 0.15) is 15.9 Å². The van der Waals surface area contributed by atoms with Crippen molar-refractivity contribution in [2.75, 3.05) is 13.4 Å². The molecule has 0 saturated carbocycles. The zero-order chi connectivity index (χ0) is 18.6. The van der Waals surface area contributed by atoms with Crippen molar-refractivity contribution < 1.29 is 22.7 Å². The minimum absolute atomic E-state index is 0.0944. The summed E-state index contributed by atoms with van der Waals surface area (Å²) in [6, 6.07) is 5.84. The van der Waals surface area contributed by atoms with Crippen LogP contribution in [0.15, 0.2) is 30.5 Å². The van der Waals surface area contributed by atoms with Crippen LogP contribution in [0, 0.1) is 0 Å². The number of aromatic nitrogens is 1. The van der Waals surface area contributed by atoms with Crippen LogP contribution in [0.2, 0.25) is 10.0 Å². The molecule has 0 spiro atoms. The van der Waals surface area contributed by atoms with Crippen LogP contribution in [-0.4, -0.2) is 32.7 Å². The highest BCUT2D eigenvalue weighted by molar-refractivity contribution is 7.89. The molecule has 7 nitrogen and oxygen atoms in total. The summed E-state index contributed by atoms with van der Waals surface area (Å²) in [5.74, 6) is -0.142. The third kappa shape index (κ3) is 5.48. The minimum Gasteiger partial charge on any atom is -0.487 e. The molecule has 2 rings (SSSR count). The monoisotopic (exact) mass is 404 g/mol. The average Bonchev–Trinajstić information content (AvgIpc) is 2.52. The molecule has 0 bridgehead atoms. The first kappa shape index (κ1) is 19.3. The highest BCUT2D eigenvalue weighted by Gasteiger charge is 2.13. The summed E-state index contributed by atoms with van der Waals surface area (Å²) in [4.78, 5) is 15.8. The van der Waals surface area contributed by atoms with Gasteiger partial charge in [-0.3, -0.25) is 4.79 Å². The highest BCUT2D eigenvalue weighted by Crippen LogP contribution is 2.27. The summed E-state index contributed by atoms with van der Waals surface area (Å²) in [5, 5.41) is 0.510. The van der Waals surface area contributed by atoms with Gasteiger partial charge in [0.2, 0.25) is 15.9 Å². The lowest BCUT2D eigenvalue weighted by atomic mass is 10.2. The molecule has 0 aliphatic heterocycles. The van der Waals surface area contributed by atoms with E-state index in [1.807, 2.05) is 4.72 Å². The van der Waals surface area contributed by atoms with Gasteiger partial charge in [-0.2, -0.15) is 0 Å². The van der Waals surface area contributed by atoms with Gasteiger partial charge in [-0.05, 0) is 24.3 Å². The quantitative estimate of drug-likeness (QED) is 0.794. The number of ether oxygens (including phenoxy) is 2. The van der Waals surface area contributed by atoms with Crippen molar-refractivity contribution in [2.45, 2.75) is 6.61 Å². The molecule has 0 atom stereocenters. The summed E-state index contributed by atoms with van der Waals surface area (Å²) in [7, 11) is -2.19. The maximum Gasteiger partial charge on any atom is 0.264 e. The van der Waals surface area contributed by atoms with E-state index in [1.54, 1.807) is 12.3 Å². The predicted molar refractivity (Wildman–Crippen MR) is 93.9 cm³/mol. The lowest BCUT2D eigenvalue weighted by Crippen LogP contribution is -2.29. The topological polar surface area (TPSA) is 94.6 Å². The summed E-state index contributed by atoms with van der Waals surface area (Å²) in [6.45, 7) is 0.144. The smallest absolute Gasteiger partial charge is 0.264 e. The number of hydrogen-bond donors (Lipinski definition) is 1. The summed E-state index contributed by atoms with van der Waals surface area (Å²) in [6.07, 6.45) is 2.44. The number of sulfonamides is 1. The van der Waals surface area contributed by atoms with Crippen LogP contribution in [0.3, 0.4) is 0 Å². The van der Waals surface area contributed by atoms with E-state index in [-0.39, 0.29) is 17.2 Å². The Morgan fingerprint density at radius 1 is 1.24 bits per heavy atom. The number of carbonyl (C=O) groups is 1. The number of pyridine rings is 1. The molecule has 10 heteroatoms. The first-order valence-electron chi connectivity index (χ1n) is 6.82. The van der Waals surface area contributed by atoms with Gasteiger partial charge in [0.25, 0.3) is 5.91 Å². The van der Waals surface area contributed by atoms with Crippen LogP contribution >= 0.6 is 23.2 Å². The van der Waals surface area contributed by atoms with Crippen molar-refractivity contribution in [3.8, 4) is 11.6 Å². The first-order valence-corrected chi connectivity index (χ1v) is 9.47. The molecule has 134 valence electrons. The Morgan fingerprint density at radius 3 is 2.52 bits per heavy atom. The Hall–Kier alpha value is -2.03. The highest BCUT2D eigenvalue weighted by atomic mass is 35.5. The maximum atomic E-state index is 11.8. The van der Waals surface area contributed by atoms with Crippen molar-refractivity contribution >= 4 is 39.1 Å². The van der Waals surface area contributed by atoms with E-state index in [0.29, 0.717) is 22.2 Å². The second kappa shape index (κ2) is 7.90. The van der Waals surface area contributed by atoms with Crippen molar-refractivity contribution in [1.82, 2.24) is 9.71 Å². The standard InChI is InChI=1S/C15H14Cl2N2O5S/c1-23-15-12(17)5-9(7-18-15)8-24-13-4-3-10(6-11(13)16)14(20)19-25(2,21)22/h3-7H,8H2,1-2H3,(H,19,20). The molecule has 1 amide bonds. The van der Waals surface area contributed by atoms with Crippen LogP contribution in [-0.2, 0) is 16.6 Å². The van der Waals surface area contributed by atoms with E-state index in [1.165, 1.54) is 25.3 Å². The Labute approximate surface area is 154 Å². The number of nitrogens with one attached hydrogen (secondary N) is 1. The Bertz CT molecular complexity index is 903. The number of carbonyl (C=O) groups excluding carboxylic acids is 1. The number of rotatable bonds is 6. The number of halogens is 2. The van der Waals surface area contributed by atoms with Crippen LogP contribution in [0.25, 0.3) is 0 Å². The molecule has 0 saturated heterocycles. The molecular formula is C15H14Cl2N2O5S. The third-order valence-corrected chi connectivity index (χ3v) is 4.05. The van der Waals surface area contributed by atoms with Crippen molar-refractivity contribution in [1.29, 1.82) is 0 Å². The van der Waals surface area contributed by atoms with E-state index in [4.69, 9.17) is 32.7 Å². The van der Waals surface area contributed by atoms with Gasteiger partial charge >= 0.3 is 0 Å². The summed E-state index contributed by atoms with van der Waals surface area (Å²) in [5.41, 5.74) is 0.790. The summed E-state index contributed by atoms with van der Waals surface area (Å²) >= 11 is 12.1. The van der Waals surface area contributed by atoms with Gasteiger partial charge in [-0.15, -0.1) is 0 Å². The average molecular weight is 405 g/mol. The van der Waals surface area contributed by atoms with Gasteiger partial charge in [0.15, 0.2) is 0 Å². The zero-order valence-electron chi connectivity index (χ0n) is 13.2. The molecule has 25 heavy (non-hydrogen) atoms. The van der Waals surface area contributed by atoms with Crippen LogP contribution in [0.4, 0.5) is 0 Å². The van der Waals surface area contributed by atoms with Crippen molar-refractivity contribution in [3.05, 3.63) is 51.6 Å². The zero-order valence-corrected chi connectivity index (χ0v) is 15.6. The van der Waals surface area contributed by atoms with Crippen molar-refractivity contribution in [3.63, 3.8) is 0 Å².